The number of amides is 1. The third-order valence-corrected chi connectivity index (χ3v) is 2.69. The van der Waals surface area contributed by atoms with E-state index in [0.717, 1.165) is 18.4 Å². The standard InChI is InChI=1S/C14H21NO2/c1-4-8-11(2)15-14(16)13(17-3)12-9-6-5-7-10-12/h5-7,9-11,13H,4,8H2,1-3H3,(H,15,16)/t11-,13+/m1/s1. The van der Waals surface area contributed by atoms with E-state index < -0.39 is 6.10 Å². The maximum absolute atomic E-state index is 12.0. The molecule has 1 aromatic carbocycles. The molecule has 0 aromatic heterocycles. The largest absolute Gasteiger partial charge is 0.367 e. The highest BCUT2D eigenvalue weighted by Gasteiger charge is 2.20. The topological polar surface area (TPSA) is 38.3 Å². The quantitative estimate of drug-likeness (QED) is 0.823. The SMILES string of the molecule is CCC[C@@H](C)NC(=O)[C@@H](OC)c1ccccc1. The summed E-state index contributed by atoms with van der Waals surface area (Å²) in [4.78, 5) is 12.0. The van der Waals surface area contributed by atoms with Crippen LogP contribution in [0, 0.1) is 0 Å². The van der Waals surface area contributed by atoms with Crippen LogP contribution < -0.4 is 5.32 Å². The molecule has 0 heterocycles. The van der Waals surface area contributed by atoms with E-state index >= 15 is 0 Å². The molecule has 0 saturated heterocycles. The van der Waals surface area contributed by atoms with Gasteiger partial charge < -0.3 is 10.1 Å². The summed E-state index contributed by atoms with van der Waals surface area (Å²) in [5, 5.41) is 2.97. The zero-order chi connectivity index (χ0) is 12.7. The number of rotatable bonds is 6. The van der Waals surface area contributed by atoms with Crippen molar-refractivity contribution in [1.82, 2.24) is 5.32 Å². The molecule has 1 amide bonds. The molecule has 1 N–H and O–H groups in total. The van der Waals surface area contributed by atoms with Crippen molar-refractivity contribution < 1.29 is 9.53 Å². The zero-order valence-electron chi connectivity index (χ0n) is 10.8. The molecule has 94 valence electrons. The first-order valence-electron chi connectivity index (χ1n) is 6.07. The monoisotopic (exact) mass is 235 g/mol. The van der Waals surface area contributed by atoms with Crippen molar-refractivity contribution in [3.8, 4) is 0 Å². The fourth-order valence-electron chi connectivity index (χ4n) is 1.85. The second-order valence-corrected chi connectivity index (χ2v) is 4.22. The Morgan fingerprint density at radius 3 is 2.53 bits per heavy atom. The molecule has 0 saturated carbocycles. The van der Waals surface area contributed by atoms with Crippen molar-refractivity contribution in [2.75, 3.05) is 7.11 Å². The van der Waals surface area contributed by atoms with Crippen molar-refractivity contribution >= 4 is 5.91 Å². The number of hydrogen-bond acceptors (Lipinski definition) is 2. The molecule has 0 aliphatic heterocycles. The molecule has 0 fully saturated rings. The molecular formula is C14H21NO2. The Kier molecular flexibility index (Phi) is 5.70. The number of nitrogens with one attached hydrogen (secondary N) is 1. The van der Waals surface area contributed by atoms with Crippen molar-refractivity contribution in [2.24, 2.45) is 0 Å². The average molecular weight is 235 g/mol. The van der Waals surface area contributed by atoms with Crippen molar-refractivity contribution in [3.05, 3.63) is 35.9 Å². The van der Waals surface area contributed by atoms with Crippen LogP contribution in [0.3, 0.4) is 0 Å². The van der Waals surface area contributed by atoms with E-state index in [1.165, 1.54) is 0 Å². The van der Waals surface area contributed by atoms with Gasteiger partial charge in [-0.25, -0.2) is 0 Å². The second kappa shape index (κ2) is 7.07. The van der Waals surface area contributed by atoms with Crippen LogP contribution in [-0.2, 0) is 9.53 Å². The van der Waals surface area contributed by atoms with Gasteiger partial charge in [-0.05, 0) is 18.9 Å². The van der Waals surface area contributed by atoms with Gasteiger partial charge in [-0.1, -0.05) is 43.7 Å². The normalized spacial score (nSPS) is 14.1. The molecule has 1 rings (SSSR count). The summed E-state index contributed by atoms with van der Waals surface area (Å²) in [5.41, 5.74) is 0.885. The van der Waals surface area contributed by atoms with E-state index in [-0.39, 0.29) is 11.9 Å². The lowest BCUT2D eigenvalue weighted by Gasteiger charge is -2.19. The summed E-state index contributed by atoms with van der Waals surface area (Å²) < 4.78 is 5.27. The van der Waals surface area contributed by atoms with Gasteiger partial charge in [0.1, 0.15) is 0 Å². The molecule has 0 unspecified atom stereocenters. The Bertz CT molecular complexity index is 337. The summed E-state index contributed by atoms with van der Waals surface area (Å²) in [6.45, 7) is 4.12. The van der Waals surface area contributed by atoms with Crippen LogP contribution in [0.25, 0.3) is 0 Å². The Morgan fingerprint density at radius 2 is 2.00 bits per heavy atom. The molecule has 0 aliphatic carbocycles. The average Bonchev–Trinajstić information content (AvgIpc) is 2.31. The minimum absolute atomic E-state index is 0.0698. The molecule has 1 aromatic rings. The highest BCUT2D eigenvalue weighted by Crippen LogP contribution is 2.16. The van der Waals surface area contributed by atoms with Crippen LogP contribution in [0.15, 0.2) is 30.3 Å². The predicted molar refractivity (Wildman–Crippen MR) is 68.7 cm³/mol. The summed E-state index contributed by atoms with van der Waals surface area (Å²) in [6, 6.07) is 9.73. The van der Waals surface area contributed by atoms with E-state index in [9.17, 15) is 4.79 Å². The Balaban J connectivity index is 2.65. The first kappa shape index (κ1) is 13.7. The van der Waals surface area contributed by atoms with Gasteiger partial charge in [0.15, 0.2) is 6.10 Å². The maximum atomic E-state index is 12.0. The number of ether oxygens (including phenoxy) is 1. The van der Waals surface area contributed by atoms with Gasteiger partial charge in [-0.15, -0.1) is 0 Å². The number of carbonyl (C=O) groups is 1. The van der Waals surface area contributed by atoms with Gasteiger partial charge >= 0.3 is 0 Å². The predicted octanol–water partition coefficient (Wildman–Crippen LogP) is 2.68. The second-order valence-electron chi connectivity index (χ2n) is 4.22. The lowest BCUT2D eigenvalue weighted by Crippen LogP contribution is -2.36. The van der Waals surface area contributed by atoms with Crippen molar-refractivity contribution in [2.45, 2.75) is 38.8 Å². The van der Waals surface area contributed by atoms with Gasteiger partial charge in [0.05, 0.1) is 0 Å². The summed E-state index contributed by atoms with van der Waals surface area (Å²) in [5.74, 6) is -0.0698. The number of benzene rings is 1. The molecule has 0 aliphatic rings. The van der Waals surface area contributed by atoms with Crippen molar-refractivity contribution in [3.63, 3.8) is 0 Å². The Morgan fingerprint density at radius 1 is 1.35 bits per heavy atom. The molecule has 0 radical (unpaired) electrons. The molecule has 0 bridgehead atoms. The van der Waals surface area contributed by atoms with Crippen molar-refractivity contribution in [1.29, 1.82) is 0 Å². The van der Waals surface area contributed by atoms with Crippen LogP contribution >= 0.6 is 0 Å². The molecular weight excluding hydrogens is 214 g/mol. The van der Waals surface area contributed by atoms with E-state index in [2.05, 4.69) is 12.2 Å². The fourth-order valence-corrected chi connectivity index (χ4v) is 1.85. The van der Waals surface area contributed by atoms with Gasteiger partial charge in [0.2, 0.25) is 0 Å². The lowest BCUT2D eigenvalue weighted by molar-refractivity contribution is -0.132. The highest BCUT2D eigenvalue weighted by atomic mass is 16.5. The number of hydrogen-bond donors (Lipinski definition) is 1. The van der Waals surface area contributed by atoms with Gasteiger partial charge in [0.25, 0.3) is 5.91 Å². The van der Waals surface area contributed by atoms with Gasteiger partial charge in [-0.2, -0.15) is 0 Å². The lowest BCUT2D eigenvalue weighted by atomic mass is 10.1. The van der Waals surface area contributed by atoms with Gasteiger partial charge in [-0.3, -0.25) is 4.79 Å². The first-order chi connectivity index (χ1) is 8.19. The maximum Gasteiger partial charge on any atom is 0.253 e. The minimum atomic E-state index is -0.518. The Labute approximate surface area is 103 Å². The molecule has 3 heteroatoms. The summed E-state index contributed by atoms with van der Waals surface area (Å²) in [7, 11) is 1.56. The van der Waals surface area contributed by atoms with Gasteiger partial charge in [0, 0.05) is 13.2 Å². The van der Waals surface area contributed by atoms with E-state index in [4.69, 9.17) is 4.74 Å². The Hall–Kier alpha value is -1.35. The number of methoxy groups -OCH3 is 1. The van der Waals surface area contributed by atoms with Crippen LogP contribution in [0.5, 0.6) is 0 Å². The number of carbonyl (C=O) groups excluding carboxylic acids is 1. The fraction of sp³-hybridized carbons (Fsp3) is 0.500. The summed E-state index contributed by atoms with van der Waals surface area (Å²) in [6.07, 6.45) is 1.53. The van der Waals surface area contributed by atoms with E-state index in [1.807, 2.05) is 37.3 Å². The third-order valence-electron chi connectivity index (χ3n) is 2.69. The van der Waals surface area contributed by atoms with Crippen LogP contribution in [0.1, 0.15) is 38.4 Å². The molecule has 3 nitrogen and oxygen atoms in total. The van der Waals surface area contributed by atoms with Crippen LogP contribution in [-0.4, -0.2) is 19.1 Å². The molecule has 17 heavy (non-hydrogen) atoms. The zero-order valence-corrected chi connectivity index (χ0v) is 10.8. The van der Waals surface area contributed by atoms with Crippen LogP contribution in [0.2, 0.25) is 0 Å². The van der Waals surface area contributed by atoms with E-state index in [1.54, 1.807) is 7.11 Å². The molecule has 2 atom stereocenters. The molecule has 0 spiro atoms. The highest BCUT2D eigenvalue weighted by molar-refractivity contribution is 5.82. The smallest absolute Gasteiger partial charge is 0.253 e. The summed E-state index contributed by atoms with van der Waals surface area (Å²) >= 11 is 0. The van der Waals surface area contributed by atoms with E-state index in [0.29, 0.717) is 0 Å². The minimum Gasteiger partial charge on any atom is -0.367 e. The first-order valence-corrected chi connectivity index (χ1v) is 6.07. The third kappa shape index (κ3) is 4.19. The van der Waals surface area contributed by atoms with Crippen LogP contribution in [0.4, 0.5) is 0 Å².